The van der Waals surface area contributed by atoms with E-state index in [2.05, 4.69) is 51.0 Å². The Bertz CT molecular complexity index is 632. The van der Waals surface area contributed by atoms with Gasteiger partial charge >= 0.3 is 0 Å². The monoisotopic (exact) mass is 242 g/mol. The second-order valence-electron chi connectivity index (χ2n) is 3.18. The van der Waals surface area contributed by atoms with Gasteiger partial charge in [-0.15, -0.1) is 20.4 Å². The SMILES string of the molecule is c1n[nH]c2cnnnc12.c1nc2nnncc2[nH]1. The van der Waals surface area contributed by atoms with Gasteiger partial charge in [-0.2, -0.15) is 5.10 Å². The Hall–Kier alpha value is -3.04. The molecule has 4 aromatic heterocycles. The van der Waals surface area contributed by atoms with Crippen LogP contribution in [0.4, 0.5) is 0 Å². The summed E-state index contributed by atoms with van der Waals surface area (Å²) in [5, 5.41) is 27.7. The first-order valence-electron chi connectivity index (χ1n) is 4.88. The van der Waals surface area contributed by atoms with E-state index in [0.717, 1.165) is 16.6 Å². The van der Waals surface area contributed by atoms with Gasteiger partial charge in [-0.05, 0) is 10.4 Å². The van der Waals surface area contributed by atoms with Crippen LogP contribution in [-0.2, 0) is 0 Å². The van der Waals surface area contributed by atoms with Crippen molar-refractivity contribution < 1.29 is 0 Å². The van der Waals surface area contributed by atoms with Crippen LogP contribution in [0.2, 0.25) is 0 Å². The quantitative estimate of drug-likeness (QED) is 0.421. The van der Waals surface area contributed by atoms with Crippen LogP contribution in [0.3, 0.4) is 0 Å². The summed E-state index contributed by atoms with van der Waals surface area (Å²) in [7, 11) is 0. The number of rotatable bonds is 0. The molecule has 0 spiro atoms. The smallest absolute Gasteiger partial charge is 0.203 e. The van der Waals surface area contributed by atoms with Gasteiger partial charge in [0.05, 0.1) is 24.9 Å². The van der Waals surface area contributed by atoms with Gasteiger partial charge in [-0.3, -0.25) is 5.10 Å². The summed E-state index contributed by atoms with van der Waals surface area (Å²) in [4.78, 5) is 6.69. The summed E-state index contributed by atoms with van der Waals surface area (Å²) in [5.74, 6) is 0. The van der Waals surface area contributed by atoms with Gasteiger partial charge in [-0.1, -0.05) is 0 Å². The molecule has 0 aliphatic rings. The second kappa shape index (κ2) is 4.45. The average molecular weight is 242 g/mol. The number of aromatic nitrogens is 10. The Labute approximate surface area is 98.9 Å². The highest BCUT2D eigenvalue weighted by Gasteiger charge is 1.93. The lowest BCUT2D eigenvalue weighted by Crippen LogP contribution is -1.84. The first-order chi connectivity index (χ1) is 8.93. The Balaban J connectivity index is 0.000000111. The minimum atomic E-state index is 0.602. The zero-order chi connectivity index (χ0) is 12.2. The lowest BCUT2D eigenvalue weighted by molar-refractivity contribution is 0.888. The molecule has 0 aromatic carbocycles. The molecule has 10 heteroatoms. The Morgan fingerprint density at radius 1 is 0.889 bits per heavy atom. The molecule has 0 atom stereocenters. The highest BCUT2D eigenvalue weighted by atomic mass is 15.3. The maximum Gasteiger partial charge on any atom is 0.203 e. The molecule has 88 valence electrons. The standard InChI is InChI=1S/2C4H3N5/c1-4-3(7-5-1)2-6-9-8-4;1-3-4(6-2-5-3)8-9-7-1/h1-2H,(H,5,7);1-2H,(H,5,6,7,8). The topological polar surface area (TPSA) is 135 Å². The molecule has 0 aliphatic carbocycles. The first-order valence-corrected chi connectivity index (χ1v) is 4.88. The van der Waals surface area contributed by atoms with Gasteiger partial charge in [-0.25, -0.2) is 4.98 Å². The molecule has 4 heterocycles. The number of hydrogen-bond acceptors (Lipinski definition) is 8. The predicted molar refractivity (Wildman–Crippen MR) is 59.0 cm³/mol. The summed E-state index contributed by atoms with van der Waals surface area (Å²) >= 11 is 0. The number of aromatic amines is 2. The van der Waals surface area contributed by atoms with E-state index in [1.165, 1.54) is 0 Å². The van der Waals surface area contributed by atoms with Crippen LogP contribution in [0.5, 0.6) is 0 Å². The fraction of sp³-hybridized carbons (Fsp3) is 0. The molecule has 0 fully saturated rings. The van der Waals surface area contributed by atoms with Crippen molar-refractivity contribution in [2.75, 3.05) is 0 Å². The number of H-pyrrole nitrogens is 2. The molecule has 2 N–H and O–H groups in total. The van der Waals surface area contributed by atoms with Gasteiger partial charge in [0.15, 0.2) is 0 Å². The zero-order valence-electron chi connectivity index (χ0n) is 8.89. The van der Waals surface area contributed by atoms with Crippen molar-refractivity contribution in [1.29, 1.82) is 0 Å². The average Bonchev–Trinajstić information content (AvgIpc) is 3.08. The van der Waals surface area contributed by atoms with Crippen molar-refractivity contribution in [2.45, 2.75) is 0 Å². The molecular formula is C8H6N10. The van der Waals surface area contributed by atoms with Crippen LogP contribution in [0.1, 0.15) is 0 Å². The number of imidazole rings is 1. The van der Waals surface area contributed by atoms with Crippen LogP contribution < -0.4 is 0 Å². The molecule has 0 saturated heterocycles. The van der Waals surface area contributed by atoms with Crippen LogP contribution in [0, 0.1) is 0 Å². The van der Waals surface area contributed by atoms with Crippen molar-refractivity contribution in [2.24, 2.45) is 0 Å². The van der Waals surface area contributed by atoms with Gasteiger partial charge in [0, 0.05) is 0 Å². The lowest BCUT2D eigenvalue weighted by Gasteiger charge is -1.78. The van der Waals surface area contributed by atoms with Crippen molar-refractivity contribution in [3.05, 3.63) is 24.9 Å². The number of fused-ring (bicyclic) bond motifs is 2. The van der Waals surface area contributed by atoms with E-state index in [1.54, 1.807) is 24.9 Å². The van der Waals surface area contributed by atoms with Gasteiger partial charge < -0.3 is 4.98 Å². The minimum Gasteiger partial charge on any atom is -0.342 e. The molecule has 0 bridgehead atoms. The predicted octanol–water partition coefficient (Wildman–Crippen LogP) is -0.504. The summed E-state index contributed by atoms with van der Waals surface area (Å²) < 4.78 is 0. The van der Waals surface area contributed by atoms with E-state index in [9.17, 15) is 0 Å². The van der Waals surface area contributed by atoms with Crippen molar-refractivity contribution >= 4 is 22.2 Å². The third-order valence-corrected chi connectivity index (χ3v) is 2.06. The van der Waals surface area contributed by atoms with Gasteiger partial charge in [0.25, 0.3) is 0 Å². The molecular weight excluding hydrogens is 236 g/mol. The Morgan fingerprint density at radius 3 is 2.56 bits per heavy atom. The van der Waals surface area contributed by atoms with Crippen LogP contribution in [0.15, 0.2) is 24.9 Å². The third kappa shape index (κ3) is 1.93. The van der Waals surface area contributed by atoms with E-state index in [1.807, 2.05) is 0 Å². The van der Waals surface area contributed by atoms with Crippen molar-refractivity contribution in [3.8, 4) is 0 Å². The van der Waals surface area contributed by atoms with Crippen molar-refractivity contribution in [3.63, 3.8) is 0 Å². The maximum absolute atomic E-state index is 3.85. The highest BCUT2D eigenvalue weighted by Crippen LogP contribution is 1.99. The van der Waals surface area contributed by atoms with E-state index in [4.69, 9.17) is 0 Å². The molecule has 10 nitrogen and oxygen atoms in total. The summed E-state index contributed by atoms with van der Waals surface area (Å²) in [6.07, 6.45) is 6.32. The summed E-state index contributed by atoms with van der Waals surface area (Å²) in [5.41, 5.74) is 2.96. The van der Waals surface area contributed by atoms with Crippen LogP contribution >= 0.6 is 0 Å². The lowest BCUT2D eigenvalue weighted by atomic mass is 10.5. The number of nitrogens with one attached hydrogen (secondary N) is 2. The van der Waals surface area contributed by atoms with E-state index in [-0.39, 0.29) is 0 Å². The highest BCUT2D eigenvalue weighted by molar-refractivity contribution is 5.70. The largest absolute Gasteiger partial charge is 0.342 e. The Morgan fingerprint density at radius 2 is 1.72 bits per heavy atom. The van der Waals surface area contributed by atoms with Gasteiger partial charge in [0.2, 0.25) is 5.65 Å². The molecule has 18 heavy (non-hydrogen) atoms. The first kappa shape index (κ1) is 10.1. The van der Waals surface area contributed by atoms with Crippen LogP contribution in [-0.4, -0.2) is 51.0 Å². The number of hydrogen-bond donors (Lipinski definition) is 2. The normalized spacial score (nSPS) is 10.2. The molecule has 0 aliphatic heterocycles. The summed E-state index contributed by atoms with van der Waals surface area (Å²) in [6, 6.07) is 0. The van der Waals surface area contributed by atoms with Gasteiger partial charge in [0.1, 0.15) is 16.6 Å². The summed E-state index contributed by atoms with van der Waals surface area (Å²) in [6.45, 7) is 0. The Kier molecular flexibility index (Phi) is 2.50. The molecule has 4 aromatic rings. The fourth-order valence-electron chi connectivity index (χ4n) is 1.25. The maximum atomic E-state index is 3.85. The minimum absolute atomic E-state index is 0.602. The van der Waals surface area contributed by atoms with E-state index >= 15 is 0 Å². The van der Waals surface area contributed by atoms with E-state index < -0.39 is 0 Å². The second-order valence-corrected chi connectivity index (χ2v) is 3.18. The number of nitrogens with zero attached hydrogens (tertiary/aromatic N) is 8. The third-order valence-electron chi connectivity index (χ3n) is 2.06. The molecule has 0 radical (unpaired) electrons. The fourth-order valence-corrected chi connectivity index (χ4v) is 1.25. The molecule has 0 saturated carbocycles. The van der Waals surface area contributed by atoms with Crippen molar-refractivity contribution in [1.82, 2.24) is 51.0 Å². The van der Waals surface area contributed by atoms with E-state index in [0.29, 0.717) is 5.65 Å². The molecule has 0 amide bonds. The van der Waals surface area contributed by atoms with Crippen LogP contribution in [0.25, 0.3) is 22.2 Å². The molecule has 4 rings (SSSR count). The zero-order valence-corrected chi connectivity index (χ0v) is 8.89. The molecule has 0 unspecified atom stereocenters.